The van der Waals surface area contributed by atoms with Gasteiger partial charge in [0.15, 0.2) is 0 Å². The molecule has 0 bridgehead atoms. The summed E-state index contributed by atoms with van der Waals surface area (Å²) in [5.41, 5.74) is 7.30. The van der Waals surface area contributed by atoms with Gasteiger partial charge in [-0.05, 0) is 6.42 Å². The number of rotatable bonds is 0. The van der Waals surface area contributed by atoms with E-state index in [1.165, 1.54) is 4.90 Å². The fourth-order valence-electron chi connectivity index (χ4n) is 2.46. The highest BCUT2D eigenvalue weighted by Crippen LogP contribution is 2.24. The number of hydrogen-bond donors (Lipinski definition) is 4. The number of hydrazine groups is 1. The summed E-state index contributed by atoms with van der Waals surface area (Å²) in [7, 11) is 0. The number of amides is 1. The van der Waals surface area contributed by atoms with Crippen molar-refractivity contribution in [2.75, 3.05) is 13.1 Å². The van der Waals surface area contributed by atoms with E-state index < -0.39 is 6.09 Å². The van der Waals surface area contributed by atoms with Crippen molar-refractivity contribution in [1.82, 2.24) is 26.0 Å². The Morgan fingerprint density at radius 2 is 2.35 bits per heavy atom. The van der Waals surface area contributed by atoms with Gasteiger partial charge in [-0.2, -0.15) is 0 Å². The Kier molecular flexibility index (Phi) is 2.50. The lowest BCUT2D eigenvalue weighted by Crippen LogP contribution is -2.68. The standard InChI is InChI=1S/C10H15N5O2/c16-10(17)14-3-4-15-7(6-14)5-11-9-8(15)1-2-12-13-9/h3-4,6,8-9,11-13H,1-2,5H2,(H,16,17). The normalized spacial score (nSPS) is 31.6. The summed E-state index contributed by atoms with van der Waals surface area (Å²) in [6, 6.07) is 0.323. The molecule has 0 aliphatic carbocycles. The van der Waals surface area contributed by atoms with E-state index >= 15 is 0 Å². The minimum atomic E-state index is -0.959. The van der Waals surface area contributed by atoms with Crippen molar-refractivity contribution in [1.29, 1.82) is 0 Å². The summed E-state index contributed by atoms with van der Waals surface area (Å²) in [5, 5.41) is 12.3. The van der Waals surface area contributed by atoms with Crippen molar-refractivity contribution < 1.29 is 9.90 Å². The first-order valence-corrected chi connectivity index (χ1v) is 5.66. The molecule has 3 aliphatic heterocycles. The lowest BCUT2D eigenvalue weighted by molar-refractivity contribution is 0.126. The molecule has 0 radical (unpaired) electrons. The molecule has 7 nitrogen and oxygen atoms in total. The van der Waals surface area contributed by atoms with Crippen LogP contribution in [0.15, 0.2) is 24.3 Å². The Balaban J connectivity index is 1.82. The molecule has 2 saturated heterocycles. The molecular formula is C10H15N5O2. The van der Waals surface area contributed by atoms with Crippen molar-refractivity contribution in [3.05, 3.63) is 24.3 Å². The molecule has 0 aromatic heterocycles. The van der Waals surface area contributed by atoms with Crippen LogP contribution in [0.3, 0.4) is 0 Å². The Morgan fingerprint density at radius 1 is 1.47 bits per heavy atom. The van der Waals surface area contributed by atoms with Gasteiger partial charge in [0, 0.05) is 37.4 Å². The monoisotopic (exact) mass is 237 g/mol. The minimum absolute atomic E-state index is 0.196. The van der Waals surface area contributed by atoms with Crippen molar-refractivity contribution in [2.24, 2.45) is 0 Å². The summed E-state index contributed by atoms with van der Waals surface area (Å²) in [4.78, 5) is 14.2. The number of carboxylic acid groups (broad SMARTS) is 1. The molecule has 0 spiro atoms. The Morgan fingerprint density at radius 3 is 3.18 bits per heavy atom. The van der Waals surface area contributed by atoms with Gasteiger partial charge in [0.2, 0.25) is 0 Å². The third-order valence-corrected chi connectivity index (χ3v) is 3.30. The number of hydrogen-bond acceptors (Lipinski definition) is 5. The fourth-order valence-corrected chi connectivity index (χ4v) is 2.46. The van der Waals surface area contributed by atoms with Crippen LogP contribution in [-0.4, -0.2) is 46.3 Å². The molecule has 4 N–H and O–H groups in total. The second-order valence-corrected chi connectivity index (χ2v) is 4.30. The van der Waals surface area contributed by atoms with E-state index in [1.807, 2.05) is 6.20 Å². The van der Waals surface area contributed by atoms with Crippen molar-refractivity contribution in [3.63, 3.8) is 0 Å². The number of carbonyl (C=O) groups is 1. The predicted octanol–water partition coefficient (Wildman–Crippen LogP) is -0.610. The highest BCUT2D eigenvalue weighted by molar-refractivity contribution is 5.68. The van der Waals surface area contributed by atoms with Crippen molar-refractivity contribution in [3.8, 4) is 0 Å². The quantitative estimate of drug-likeness (QED) is 0.450. The van der Waals surface area contributed by atoms with Gasteiger partial charge in [0.1, 0.15) is 0 Å². The van der Waals surface area contributed by atoms with E-state index in [1.54, 1.807) is 12.4 Å². The number of piperazine rings is 1. The molecule has 7 heteroatoms. The Labute approximate surface area is 98.7 Å². The van der Waals surface area contributed by atoms with Crippen LogP contribution in [0.1, 0.15) is 6.42 Å². The first-order valence-electron chi connectivity index (χ1n) is 5.66. The molecule has 0 aromatic rings. The van der Waals surface area contributed by atoms with Crippen molar-refractivity contribution in [2.45, 2.75) is 18.6 Å². The van der Waals surface area contributed by atoms with Gasteiger partial charge in [-0.25, -0.2) is 10.2 Å². The molecule has 0 saturated carbocycles. The molecule has 92 valence electrons. The summed E-state index contributed by atoms with van der Waals surface area (Å²) in [6.45, 7) is 1.56. The first-order chi connectivity index (χ1) is 8.25. The lowest BCUT2D eigenvalue weighted by atomic mass is 10.0. The van der Waals surface area contributed by atoms with Crippen LogP contribution in [0.25, 0.3) is 0 Å². The maximum atomic E-state index is 10.9. The summed E-state index contributed by atoms with van der Waals surface area (Å²) in [5.74, 6) is 0. The first kappa shape index (κ1) is 10.6. The summed E-state index contributed by atoms with van der Waals surface area (Å²) >= 11 is 0. The van der Waals surface area contributed by atoms with Crippen LogP contribution in [0.4, 0.5) is 4.79 Å². The second-order valence-electron chi connectivity index (χ2n) is 4.30. The molecule has 3 aliphatic rings. The van der Waals surface area contributed by atoms with Gasteiger partial charge in [-0.3, -0.25) is 15.6 Å². The Bertz CT molecular complexity index is 394. The number of nitrogens with one attached hydrogen (secondary N) is 3. The number of fused-ring (bicyclic) bond motifs is 3. The van der Waals surface area contributed by atoms with E-state index in [0.29, 0.717) is 12.6 Å². The van der Waals surface area contributed by atoms with Crippen LogP contribution in [-0.2, 0) is 0 Å². The second kappa shape index (κ2) is 4.02. The largest absolute Gasteiger partial charge is 0.464 e. The van der Waals surface area contributed by atoms with Crippen LogP contribution in [0, 0.1) is 0 Å². The highest BCUT2D eigenvalue weighted by atomic mass is 16.4. The fraction of sp³-hybridized carbons (Fsp3) is 0.500. The Hall–Kier alpha value is -1.57. The molecule has 2 fully saturated rings. The summed E-state index contributed by atoms with van der Waals surface area (Å²) in [6.07, 6.45) is 5.33. The SMILES string of the molecule is O=C(O)N1C=CN2C(=C1)CNC1NNCCC12. The van der Waals surface area contributed by atoms with Crippen molar-refractivity contribution >= 4 is 6.09 Å². The molecule has 1 amide bonds. The molecule has 17 heavy (non-hydrogen) atoms. The molecular weight excluding hydrogens is 222 g/mol. The zero-order valence-corrected chi connectivity index (χ0v) is 9.26. The van der Waals surface area contributed by atoms with E-state index in [4.69, 9.17) is 5.11 Å². The maximum Gasteiger partial charge on any atom is 0.415 e. The topological polar surface area (TPSA) is 79.9 Å². The van der Waals surface area contributed by atoms with Gasteiger partial charge in [0.25, 0.3) is 0 Å². The average Bonchev–Trinajstić information content (AvgIpc) is 2.38. The molecule has 3 rings (SSSR count). The maximum absolute atomic E-state index is 10.9. The van der Waals surface area contributed by atoms with Crippen LogP contribution >= 0.6 is 0 Å². The van der Waals surface area contributed by atoms with Crippen LogP contribution in [0.2, 0.25) is 0 Å². The average molecular weight is 237 g/mol. The minimum Gasteiger partial charge on any atom is -0.464 e. The van der Waals surface area contributed by atoms with E-state index in [0.717, 1.165) is 18.7 Å². The third-order valence-electron chi connectivity index (χ3n) is 3.30. The summed E-state index contributed by atoms with van der Waals surface area (Å²) < 4.78 is 0. The van der Waals surface area contributed by atoms with Gasteiger partial charge in [0.05, 0.1) is 12.2 Å². The van der Waals surface area contributed by atoms with E-state index in [-0.39, 0.29) is 6.17 Å². The van der Waals surface area contributed by atoms with Crippen LogP contribution in [0.5, 0.6) is 0 Å². The smallest absolute Gasteiger partial charge is 0.415 e. The van der Waals surface area contributed by atoms with Gasteiger partial charge >= 0.3 is 6.09 Å². The molecule has 2 atom stereocenters. The number of nitrogens with zero attached hydrogens (tertiary/aromatic N) is 2. The lowest BCUT2D eigenvalue weighted by Gasteiger charge is -2.47. The molecule has 3 heterocycles. The predicted molar refractivity (Wildman–Crippen MR) is 60.3 cm³/mol. The van der Waals surface area contributed by atoms with E-state index in [9.17, 15) is 4.79 Å². The van der Waals surface area contributed by atoms with Crippen LogP contribution < -0.4 is 16.2 Å². The zero-order chi connectivity index (χ0) is 11.8. The van der Waals surface area contributed by atoms with E-state index in [2.05, 4.69) is 21.1 Å². The van der Waals surface area contributed by atoms with Gasteiger partial charge in [-0.15, -0.1) is 0 Å². The van der Waals surface area contributed by atoms with Gasteiger partial charge < -0.3 is 10.0 Å². The third kappa shape index (κ3) is 1.78. The zero-order valence-electron chi connectivity index (χ0n) is 9.26. The highest BCUT2D eigenvalue weighted by Gasteiger charge is 2.35. The molecule has 2 unspecified atom stereocenters. The molecule has 0 aromatic carbocycles. The van der Waals surface area contributed by atoms with Gasteiger partial charge in [-0.1, -0.05) is 0 Å².